The van der Waals surface area contributed by atoms with Gasteiger partial charge < -0.3 is 5.32 Å². The van der Waals surface area contributed by atoms with Crippen LogP contribution in [0, 0.1) is 0 Å². The summed E-state index contributed by atoms with van der Waals surface area (Å²) in [5.74, 6) is 0.918. The summed E-state index contributed by atoms with van der Waals surface area (Å²) >= 11 is 1.33. The molecule has 0 bridgehead atoms. The number of carbonyl (C=O) groups is 2. The van der Waals surface area contributed by atoms with Crippen molar-refractivity contribution in [1.29, 1.82) is 0 Å². The predicted molar refractivity (Wildman–Crippen MR) is 105 cm³/mol. The molecule has 8 heteroatoms. The number of aromatic nitrogens is 4. The summed E-state index contributed by atoms with van der Waals surface area (Å²) in [6.07, 6.45) is 5.60. The minimum absolute atomic E-state index is 0.00401. The lowest BCUT2D eigenvalue weighted by Crippen LogP contribution is -2.16. The second-order valence-corrected chi connectivity index (χ2v) is 6.94. The van der Waals surface area contributed by atoms with Gasteiger partial charge in [-0.1, -0.05) is 18.7 Å². The largest absolute Gasteiger partial charge is 0.325 e. The smallest absolute Gasteiger partial charge is 0.234 e. The lowest BCUT2D eigenvalue weighted by molar-refractivity contribution is -0.113. The number of rotatable bonds is 8. The molecule has 0 radical (unpaired) electrons. The number of Topliss-reactive ketones (excluding diaryl/α,β-unsaturated/α-hetero) is 1. The van der Waals surface area contributed by atoms with E-state index >= 15 is 0 Å². The number of anilines is 1. The number of ketones is 1. The summed E-state index contributed by atoms with van der Waals surface area (Å²) in [5.41, 5.74) is 1.27. The molecule has 3 rings (SSSR count). The van der Waals surface area contributed by atoms with Crippen LogP contribution in [0.15, 0.2) is 53.9 Å². The number of thioether (sulfide) groups is 1. The summed E-state index contributed by atoms with van der Waals surface area (Å²) < 4.78 is 3.83. The normalized spacial score (nSPS) is 10.7. The number of carbonyl (C=O) groups excluding carboxylic acids is 2. The zero-order chi connectivity index (χ0) is 19.2. The predicted octanol–water partition coefficient (Wildman–Crippen LogP) is 3.28. The lowest BCUT2D eigenvalue weighted by atomic mass is 10.1. The minimum Gasteiger partial charge on any atom is -0.325 e. The van der Waals surface area contributed by atoms with Gasteiger partial charge in [0.15, 0.2) is 11.6 Å². The molecule has 0 saturated carbocycles. The molecule has 27 heavy (non-hydrogen) atoms. The molecule has 0 aliphatic rings. The van der Waals surface area contributed by atoms with Gasteiger partial charge in [-0.05, 0) is 49.7 Å². The Morgan fingerprint density at radius 1 is 1.11 bits per heavy atom. The second-order valence-electron chi connectivity index (χ2n) is 5.99. The molecular formula is C19H21N5O2S. The summed E-state index contributed by atoms with van der Waals surface area (Å²) in [4.78, 5) is 23.6. The van der Waals surface area contributed by atoms with Crippen molar-refractivity contribution in [2.24, 2.45) is 0 Å². The third-order valence-electron chi connectivity index (χ3n) is 3.88. The first kappa shape index (κ1) is 18.9. The third kappa shape index (κ3) is 4.65. The van der Waals surface area contributed by atoms with Crippen molar-refractivity contribution in [3.8, 4) is 0 Å². The van der Waals surface area contributed by atoms with Crippen molar-refractivity contribution >= 4 is 29.1 Å². The maximum absolute atomic E-state index is 12.3. The van der Waals surface area contributed by atoms with E-state index in [1.165, 1.54) is 18.7 Å². The SMILES string of the molecule is CCCc1nnc(SCC(=O)Nc2ccc(C(C)=O)cc2)n1-n1cccc1. The molecule has 0 saturated heterocycles. The van der Waals surface area contributed by atoms with Crippen LogP contribution in [0.25, 0.3) is 0 Å². The van der Waals surface area contributed by atoms with E-state index < -0.39 is 0 Å². The third-order valence-corrected chi connectivity index (χ3v) is 4.80. The van der Waals surface area contributed by atoms with Gasteiger partial charge in [0.05, 0.1) is 5.75 Å². The van der Waals surface area contributed by atoms with E-state index in [1.54, 1.807) is 24.3 Å². The highest BCUT2D eigenvalue weighted by molar-refractivity contribution is 7.99. The Labute approximate surface area is 161 Å². The Morgan fingerprint density at radius 3 is 2.44 bits per heavy atom. The Hall–Kier alpha value is -2.87. The van der Waals surface area contributed by atoms with E-state index in [0.717, 1.165) is 18.7 Å². The number of hydrogen-bond acceptors (Lipinski definition) is 5. The molecule has 0 aliphatic carbocycles. The van der Waals surface area contributed by atoms with Gasteiger partial charge in [-0.15, -0.1) is 10.2 Å². The first-order valence-corrected chi connectivity index (χ1v) is 9.68. The van der Waals surface area contributed by atoms with E-state index in [2.05, 4.69) is 22.4 Å². The molecule has 0 fully saturated rings. The van der Waals surface area contributed by atoms with Gasteiger partial charge in [-0.25, -0.2) is 4.68 Å². The topological polar surface area (TPSA) is 81.8 Å². The zero-order valence-corrected chi connectivity index (χ0v) is 16.1. The summed E-state index contributed by atoms with van der Waals surface area (Å²) in [6.45, 7) is 3.60. The molecule has 0 atom stereocenters. The standard InChI is InChI=1S/C19H21N5O2S/c1-3-6-17-21-22-19(24(17)23-11-4-5-12-23)27-13-18(26)20-16-9-7-15(8-10-16)14(2)25/h4-5,7-12H,3,6,13H2,1-2H3,(H,20,26). The highest BCUT2D eigenvalue weighted by Gasteiger charge is 2.15. The van der Waals surface area contributed by atoms with E-state index in [9.17, 15) is 9.59 Å². The Morgan fingerprint density at radius 2 is 1.81 bits per heavy atom. The molecule has 7 nitrogen and oxygen atoms in total. The minimum atomic E-state index is -0.144. The van der Waals surface area contributed by atoms with Crippen LogP contribution >= 0.6 is 11.8 Å². The lowest BCUT2D eigenvalue weighted by Gasteiger charge is -2.11. The van der Waals surface area contributed by atoms with Crippen molar-refractivity contribution in [2.45, 2.75) is 31.8 Å². The van der Waals surface area contributed by atoms with Gasteiger partial charge in [0, 0.05) is 30.1 Å². The summed E-state index contributed by atoms with van der Waals surface area (Å²) in [6, 6.07) is 10.7. The van der Waals surface area contributed by atoms with Gasteiger partial charge in [-0.2, -0.15) is 0 Å². The fourth-order valence-corrected chi connectivity index (χ4v) is 3.32. The number of hydrogen-bond donors (Lipinski definition) is 1. The second kappa shape index (κ2) is 8.68. The van der Waals surface area contributed by atoms with Crippen molar-refractivity contribution in [1.82, 2.24) is 19.5 Å². The van der Waals surface area contributed by atoms with Crippen LogP contribution in [-0.4, -0.2) is 37.0 Å². The highest BCUT2D eigenvalue weighted by atomic mass is 32.2. The van der Waals surface area contributed by atoms with Crippen LogP contribution in [0.1, 0.15) is 36.5 Å². The quantitative estimate of drug-likeness (QED) is 0.477. The molecule has 2 heterocycles. The van der Waals surface area contributed by atoms with Crippen LogP contribution in [0.5, 0.6) is 0 Å². The fourth-order valence-electron chi connectivity index (χ4n) is 2.57. The number of nitrogens with one attached hydrogen (secondary N) is 1. The Kier molecular flexibility index (Phi) is 6.08. The first-order valence-electron chi connectivity index (χ1n) is 8.70. The maximum atomic E-state index is 12.3. The van der Waals surface area contributed by atoms with Gasteiger partial charge >= 0.3 is 0 Å². The number of benzene rings is 1. The highest BCUT2D eigenvalue weighted by Crippen LogP contribution is 2.19. The molecule has 0 spiro atoms. The molecule has 0 unspecified atom stereocenters. The maximum Gasteiger partial charge on any atom is 0.234 e. The molecule has 3 aromatic rings. The molecule has 0 aliphatic heterocycles. The molecular weight excluding hydrogens is 362 g/mol. The fraction of sp³-hybridized carbons (Fsp3) is 0.263. The van der Waals surface area contributed by atoms with Crippen molar-refractivity contribution in [3.05, 3.63) is 60.2 Å². The molecule has 1 amide bonds. The first-order chi connectivity index (χ1) is 13.1. The molecule has 140 valence electrons. The van der Waals surface area contributed by atoms with Crippen molar-refractivity contribution in [3.63, 3.8) is 0 Å². The van der Waals surface area contributed by atoms with Crippen molar-refractivity contribution in [2.75, 3.05) is 11.1 Å². The Balaban J connectivity index is 1.66. The number of nitrogens with zero attached hydrogens (tertiary/aromatic N) is 4. The zero-order valence-electron chi connectivity index (χ0n) is 15.3. The van der Waals surface area contributed by atoms with Gasteiger partial charge in [0.1, 0.15) is 0 Å². The van der Waals surface area contributed by atoms with Crippen LogP contribution in [0.4, 0.5) is 5.69 Å². The van der Waals surface area contributed by atoms with E-state index in [-0.39, 0.29) is 17.4 Å². The monoisotopic (exact) mass is 383 g/mol. The average molecular weight is 383 g/mol. The van der Waals surface area contributed by atoms with Gasteiger partial charge in [0.2, 0.25) is 11.1 Å². The summed E-state index contributed by atoms with van der Waals surface area (Å²) in [7, 11) is 0. The van der Waals surface area contributed by atoms with Crippen LogP contribution in [0.2, 0.25) is 0 Å². The molecule has 1 N–H and O–H groups in total. The van der Waals surface area contributed by atoms with E-state index in [1.807, 2.05) is 33.9 Å². The van der Waals surface area contributed by atoms with Crippen molar-refractivity contribution < 1.29 is 9.59 Å². The van der Waals surface area contributed by atoms with Crippen LogP contribution < -0.4 is 5.32 Å². The van der Waals surface area contributed by atoms with Crippen LogP contribution in [0.3, 0.4) is 0 Å². The van der Waals surface area contributed by atoms with Gasteiger partial charge in [0.25, 0.3) is 0 Å². The van der Waals surface area contributed by atoms with Crippen LogP contribution in [-0.2, 0) is 11.2 Å². The molecule has 1 aromatic carbocycles. The van der Waals surface area contributed by atoms with E-state index in [0.29, 0.717) is 16.4 Å². The number of amides is 1. The average Bonchev–Trinajstić information content (AvgIpc) is 3.30. The number of aryl methyl sites for hydroxylation is 1. The molecule has 2 aromatic heterocycles. The Bertz CT molecular complexity index is 916. The summed E-state index contributed by atoms with van der Waals surface area (Å²) in [5, 5.41) is 12.0. The van der Waals surface area contributed by atoms with Gasteiger partial charge in [-0.3, -0.25) is 14.3 Å². The van der Waals surface area contributed by atoms with E-state index in [4.69, 9.17) is 0 Å².